The number of nitrogens with two attached hydrogens (primary N) is 1. The van der Waals surface area contributed by atoms with Crippen molar-refractivity contribution in [1.82, 2.24) is 0 Å². The fraction of sp³-hybridized carbons (Fsp3) is 0.300. The van der Waals surface area contributed by atoms with E-state index in [1.165, 1.54) is 0 Å². The minimum atomic E-state index is -0.484. The van der Waals surface area contributed by atoms with Crippen LogP contribution in [0, 0.1) is 0 Å². The smallest absolute Gasteiger partial charge is 0.186 e. The molecule has 0 saturated carbocycles. The Morgan fingerprint density at radius 3 is 2.57 bits per heavy atom. The quantitative estimate of drug-likeness (QED) is 0.827. The van der Waals surface area contributed by atoms with E-state index in [9.17, 15) is 4.79 Å². The molecule has 1 aromatic carbocycles. The van der Waals surface area contributed by atoms with Crippen LogP contribution in [-0.4, -0.2) is 18.4 Å². The number of benzene rings is 1. The van der Waals surface area contributed by atoms with Crippen LogP contribution in [0.25, 0.3) is 0 Å². The van der Waals surface area contributed by atoms with Crippen LogP contribution in [0.3, 0.4) is 0 Å². The third-order valence-electron chi connectivity index (χ3n) is 1.70. The van der Waals surface area contributed by atoms with Crippen molar-refractivity contribution in [3.05, 3.63) is 29.3 Å². The molecule has 3 nitrogen and oxygen atoms in total. The average molecular weight is 214 g/mol. The van der Waals surface area contributed by atoms with Crippen molar-refractivity contribution < 1.29 is 9.53 Å². The van der Waals surface area contributed by atoms with E-state index in [1.54, 1.807) is 31.2 Å². The van der Waals surface area contributed by atoms with Gasteiger partial charge in [0, 0.05) is 5.02 Å². The minimum absolute atomic E-state index is 0.000695. The Morgan fingerprint density at radius 1 is 1.50 bits per heavy atom. The lowest BCUT2D eigenvalue weighted by Crippen LogP contribution is -2.31. The minimum Gasteiger partial charge on any atom is -0.486 e. The van der Waals surface area contributed by atoms with Gasteiger partial charge in [0.2, 0.25) is 0 Å². The zero-order valence-corrected chi connectivity index (χ0v) is 8.62. The van der Waals surface area contributed by atoms with Gasteiger partial charge in [0.15, 0.2) is 5.78 Å². The highest BCUT2D eigenvalue weighted by molar-refractivity contribution is 6.30. The van der Waals surface area contributed by atoms with Crippen molar-refractivity contribution >= 4 is 17.4 Å². The van der Waals surface area contributed by atoms with Crippen molar-refractivity contribution in [2.75, 3.05) is 6.61 Å². The molecular formula is C10H12ClNO2. The molecule has 0 saturated heterocycles. The molecule has 4 heteroatoms. The van der Waals surface area contributed by atoms with Gasteiger partial charge in [-0.3, -0.25) is 4.79 Å². The fourth-order valence-corrected chi connectivity index (χ4v) is 0.943. The van der Waals surface area contributed by atoms with E-state index >= 15 is 0 Å². The van der Waals surface area contributed by atoms with E-state index in [2.05, 4.69) is 0 Å². The number of halogens is 1. The fourth-order valence-electron chi connectivity index (χ4n) is 0.817. The summed E-state index contributed by atoms with van der Waals surface area (Å²) in [5.41, 5.74) is 5.37. The van der Waals surface area contributed by atoms with Gasteiger partial charge in [-0.15, -0.1) is 0 Å². The number of ether oxygens (including phenoxy) is 1. The lowest BCUT2D eigenvalue weighted by Gasteiger charge is -2.06. The van der Waals surface area contributed by atoms with Crippen LogP contribution in [0.2, 0.25) is 5.02 Å². The van der Waals surface area contributed by atoms with Crippen LogP contribution in [0.1, 0.15) is 6.92 Å². The summed E-state index contributed by atoms with van der Waals surface area (Å²) in [4.78, 5) is 11.1. The van der Waals surface area contributed by atoms with Gasteiger partial charge in [-0.25, -0.2) is 0 Å². The number of ketones is 1. The number of Topliss-reactive ketones (excluding diaryl/α,β-unsaturated/α-hetero) is 1. The monoisotopic (exact) mass is 213 g/mol. The molecule has 0 radical (unpaired) electrons. The van der Waals surface area contributed by atoms with E-state index < -0.39 is 6.04 Å². The van der Waals surface area contributed by atoms with Crippen molar-refractivity contribution in [3.8, 4) is 5.75 Å². The Hall–Kier alpha value is -1.06. The normalized spacial score (nSPS) is 12.2. The SMILES string of the molecule is CC(N)C(=O)COc1ccc(Cl)cc1. The van der Waals surface area contributed by atoms with Crippen LogP contribution in [0.5, 0.6) is 5.75 Å². The van der Waals surface area contributed by atoms with Gasteiger partial charge in [-0.05, 0) is 31.2 Å². The van der Waals surface area contributed by atoms with Crippen LogP contribution in [0.15, 0.2) is 24.3 Å². The summed E-state index contributed by atoms with van der Waals surface area (Å²) >= 11 is 5.68. The number of hydrogen-bond donors (Lipinski definition) is 1. The van der Waals surface area contributed by atoms with E-state index in [-0.39, 0.29) is 12.4 Å². The van der Waals surface area contributed by atoms with Gasteiger partial charge in [-0.2, -0.15) is 0 Å². The third kappa shape index (κ3) is 3.36. The molecule has 1 atom stereocenters. The summed E-state index contributed by atoms with van der Waals surface area (Å²) in [6, 6.07) is 6.33. The molecule has 0 fully saturated rings. The van der Waals surface area contributed by atoms with Gasteiger partial charge >= 0.3 is 0 Å². The van der Waals surface area contributed by atoms with Crippen molar-refractivity contribution in [2.24, 2.45) is 5.73 Å². The summed E-state index contributed by atoms with van der Waals surface area (Å²) in [7, 11) is 0. The van der Waals surface area contributed by atoms with Crippen molar-refractivity contribution in [2.45, 2.75) is 13.0 Å². The number of hydrogen-bond acceptors (Lipinski definition) is 3. The standard InChI is InChI=1S/C10H12ClNO2/c1-7(12)10(13)6-14-9-4-2-8(11)3-5-9/h2-5,7H,6,12H2,1H3. The number of carbonyl (C=O) groups is 1. The molecule has 76 valence electrons. The second-order valence-corrected chi connectivity index (χ2v) is 3.43. The maximum atomic E-state index is 11.1. The molecule has 0 aliphatic carbocycles. The van der Waals surface area contributed by atoms with Crippen molar-refractivity contribution in [3.63, 3.8) is 0 Å². The maximum Gasteiger partial charge on any atom is 0.186 e. The second kappa shape index (κ2) is 4.98. The molecule has 0 spiro atoms. The molecule has 0 aliphatic heterocycles. The van der Waals surface area contributed by atoms with Crippen LogP contribution in [-0.2, 0) is 4.79 Å². The molecule has 0 aromatic heterocycles. The molecule has 0 heterocycles. The number of rotatable bonds is 4. The van der Waals surface area contributed by atoms with E-state index in [0.29, 0.717) is 10.8 Å². The van der Waals surface area contributed by atoms with Gasteiger partial charge in [0.25, 0.3) is 0 Å². The van der Waals surface area contributed by atoms with E-state index in [4.69, 9.17) is 22.1 Å². The highest BCUT2D eigenvalue weighted by Gasteiger charge is 2.07. The maximum absolute atomic E-state index is 11.1. The van der Waals surface area contributed by atoms with Gasteiger partial charge in [-0.1, -0.05) is 11.6 Å². The zero-order valence-electron chi connectivity index (χ0n) is 7.87. The Bertz CT molecular complexity index is 308. The van der Waals surface area contributed by atoms with Crippen LogP contribution < -0.4 is 10.5 Å². The molecule has 1 rings (SSSR count). The van der Waals surface area contributed by atoms with Crippen molar-refractivity contribution in [1.29, 1.82) is 0 Å². The molecule has 0 amide bonds. The van der Waals surface area contributed by atoms with E-state index in [1.807, 2.05) is 0 Å². The first kappa shape index (κ1) is 11.0. The predicted molar refractivity (Wildman–Crippen MR) is 55.6 cm³/mol. The summed E-state index contributed by atoms with van der Waals surface area (Å²) in [6.07, 6.45) is 0. The molecule has 1 aromatic rings. The van der Waals surface area contributed by atoms with Crippen LogP contribution in [0.4, 0.5) is 0 Å². The molecule has 0 bridgehead atoms. The topological polar surface area (TPSA) is 52.3 Å². The van der Waals surface area contributed by atoms with Crippen LogP contribution >= 0.6 is 11.6 Å². The molecular weight excluding hydrogens is 202 g/mol. The van der Waals surface area contributed by atoms with Gasteiger partial charge in [0.1, 0.15) is 12.4 Å². The Morgan fingerprint density at radius 2 is 2.07 bits per heavy atom. The summed E-state index contributed by atoms with van der Waals surface area (Å²) in [5, 5.41) is 0.635. The largest absolute Gasteiger partial charge is 0.486 e. The third-order valence-corrected chi connectivity index (χ3v) is 1.95. The first-order valence-electron chi connectivity index (χ1n) is 4.26. The predicted octanol–water partition coefficient (Wildman–Crippen LogP) is 1.64. The zero-order chi connectivity index (χ0) is 10.6. The Balaban J connectivity index is 2.46. The molecule has 2 N–H and O–H groups in total. The molecule has 0 aliphatic rings. The Kier molecular flexibility index (Phi) is 3.92. The highest BCUT2D eigenvalue weighted by Crippen LogP contribution is 2.15. The summed E-state index contributed by atoms with van der Waals surface area (Å²) in [5.74, 6) is 0.489. The first-order chi connectivity index (χ1) is 6.59. The summed E-state index contributed by atoms with van der Waals surface area (Å²) in [6.45, 7) is 1.63. The molecule has 1 unspecified atom stereocenters. The first-order valence-corrected chi connectivity index (χ1v) is 4.64. The number of carbonyl (C=O) groups excluding carboxylic acids is 1. The highest BCUT2D eigenvalue weighted by atomic mass is 35.5. The second-order valence-electron chi connectivity index (χ2n) is 3.00. The molecule has 14 heavy (non-hydrogen) atoms. The summed E-state index contributed by atoms with van der Waals surface area (Å²) < 4.78 is 5.20. The van der Waals surface area contributed by atoms with Gasteiger partial charge < -0.3 is 10.5 Å². The average Bonchev–Trinajstić information content (AvgIpc) is 2.16. The van der Waals surface area contributed by atoms with E-state index in [0.717, 1.165) is 0 Å². The lowest BCUT2D eigenvalue weighted by molar-refractivity contribution is -0.121. The lowest BCUT2D eigenvalue weighted by atomic mass is 10.2. The Labute approximate surface area is 87.8 Å². The van der Waals surface area contributed by atoms with Gasteiger partial charge in [0.05, 0.1) is 6.04 Å².